The van der Waals surface area contributed by atoms with Crippen molar-refractivity contribution in [3.63, 3.8) is 0 Å². The molecule has 0 bridgehead atoms. The molecule has 0 radical (unpaired) electrons. The molecule has 1 aliphatic heterocycles. The molecular formula is C18H16FNO4. The highest BCUT2D eigenvalue weighted by Crippen LogP contribution is 2.39. The van der Waals surface area contributed by atoms with Gasteiger partial charge in [-0.05, 0) is 38.1 Å². The van der Waals surface area contributed by atoms with E-state index in [0.29, 0.717) is 11.3 Å². The standard InChI is InChI=1S/C18H16FNO4/c1-18(2)17(23)20(10-12-5-3-4-6-13(12)19)14-8-7-11(16(21)22)9-15(14)24-18/h3-9H,10H2,1-2H3,(H,21,22). The van der Waals surface area contributed by atoms with E-state index in [1.54, 1.807) is 32.0 Å². The molecule has 1 heterocycles. The number of carboxylic acids is 1. The van der Waals surface area contributed by atoms with Gasteiger partial charge in [0.15, 0.2) is 5.60 Å². The second kappa shape index (κ2) is 5.63. The van der Waals surface area contributed by atoms with E-state index >= 15 is 0 Å². The highest BCUT2D eigenvalue weighted by atomic mass is 19.1. The predicted octanol–water partition coefficient (Wildman–Crippen LogP) is 3.23. The number of carboxylic acid groups (broad SMARTS) is 1. The average Bonchev–Trinajstić information content (AvgIpc) is 2.52. The summed E-state index contributed by atoms with van der Waals surface area (Å²) in [6.07, 6.45) is 0. The van der Waals surface area contributed by atoms with Crippen molar-refractivity contribution in [2.45, 2.75) is 26.0 Å². The average molecular weight is 329 g/mol. The minimum Gasteiger partial charge on any atom is -0.478 e. The van der Waals surface area contributed by atoms with Gasteiger partial charge in [-0.2, -0.15) is 0 Å². The third-order valence-electron chi connectivity index (χ3n) is 3.91. The van der Waals surface area contributed by atoms with Crippen LogP contribution >= 0.6 is 0 Å². The van der Waals surface area contributed by atoms with Crippen LogP contribution in [0.2, 0.25) is 0 Å². The van der Waals surface area contributed by atoms with Gasteiger partial charge in [0.05, 0.1) is 17.8 Å². The Morgan fingerprint density at radius 1 is 1.25 bits per heavy atom. The molecular weight excluding hydrogens is 313 g/mol. The van der Waals surface area contributed by atoms with Crippen LogP contribution in [0.3, 0.4) is 0 Å². The molecule has 0 spiro atoms. The minimum absolute atomic E-state index is 0.0394. The van der Waals surface area contributed by atoms with Crippen molar-refractivity contribution in [1.82, 2.24) is 0 Å². The summed E-state index contributed by atoms with van der Waals surface area (Å²) in [5.74, 6) is -1.52. The molecule has 1 N–H and O–H groups in total. The molecule has 1 amide bonds. The molecule has 24 heavy (non-hydrogen) atoms. The second-order valence-electron chi connectivity index (χ2n) is 6.08. The minimum atomic E-state index is -1.17. The van der Waals surface area contributed by atoms with E-state index in [-0.39, 0.29) is 23.8 Å². The summed E-state index contributed by atoms with van der Waals surface area (Å²) in [6.45, 7) is 3.23. The van der Waals surface area contributed by atoms with Gasteiger partial charge in [0.25, 0.3) is 5.91 Å². The normalized spacial score (nSPS) is 15.6. The number of halogens is 1. The van der Waals surface area contributed by atoms with Crippen LogP contribution in [-0.2, 0) is 11.3 Å². The van der Waals surface area contributed by atoms with Crippen LogP contribution in [0.15, 0.2) is 42.5 Å². The highest BCUT2D eigenvalue weighted by molar-refractivity contribution is 6.03. The Bertz CT molecular complexity index is 832. The number of rotatable bonds is 3. The lowest BCUT2D eigenvalue weighted by atomic mass is 10.0. The number of carbonyl (C=O) groups excluding carboxylic acids is 1. The molecule has 0 unspecified atom stereocenters. The molecule has 6 heteroatoms. The van der Waals surface area contributed by atoms with E-state index in [1.807, 2.05) is 0 Å². The zero-order valence-electron chi connectivity index (χ0n) is 13.2. The molecule has 124 valence electrons. The van der Waals surface area contributed by atoms with E-state index in [4.69, 9.17) is 9.84 Å². The topological polar surface area (TPSA) is 66.8 Å². The number of carbonyl (C=O) groups is 2. The third-order valence-corrected chi connectivity index (χ3v) is 3.91. The van der Waals surface area contributed by atoms with E-state index < -0.39 is 17.4 Å². The number of hydrogen-bond acceptors (Lipinski definition) is 3. The second-order valence-corrected chi connectivity index (χ2v) is 6.08. The summed E-state index contributed by atoms with van der Waals surface area (Å²) in [7, 11) is 0. The van der Waals surface area contributed by atoms with E-state index in [2.05, 4.69) is 0 Å². The summed E-state index contributed by atoms with van der Waals surface area (Å²) in [5.41, 5.74) is -0.316. The fourth-order valence-corrected chi connectivity index (χ4v) is 2.66. The first-order valence-electron chi connectivity index (χ1n) is 7.41. The first-order valence-corrected chi connectivity index (χ1v) is 7.41. The van der Waals surface area contributed by atoms with Crippen molar-refractivity contribution in [2.75, 3.05) is 4.90 Å². The van der Waals surface area contributed by atoms with Crippen molar-refractivity contribution in [3.8, 4) is 5.75 Å². The van der Waals surface area contributed by atoms with Gasteiger partial charge >= 0.3 is 5.97 Å². The lowest BCUT2D eigenvalue weighted by Crippen LogP contribution is -2.52. The number of anilines is 1. The number of fused-ring (bicyclic) bond motifs is 1. The Balaban J connectivity index is 2.07. The van der Waals surface area contributed by atoms with E-state index in [1.165, 1.54) is 29.2 Å². The maximum atomic E-state index is 14.0. The maximum Gasteiger partial charge on any atom is 0.335 e. The Hall–Kier alpha value is -2.89. The van der Waals surface area contributed by atoms with Crippen LogP contribution in [-0.4, -0.2) is 22.6 Å². The summed E-state index contributed by atoms with van der Waals surface area (Å²) >= 11 is 0. The van der Waals surface area contributed by atoms with Crippen molar-refractivity contribution in [1.29, 1.82) is 0 Å². The molecule has 0 aromatic heterocycles. The van der Waals surface area contributed by atoms with Gasteiger partial charge in [0.2, 0.25) is 0 Å². The number of benzene rings is 2. The third kappa shape index (κ3) is 2.71. The molecule has 0 saturated carbocycles. The molecule has 0 aliphatic carbocycles. The van der Waals surface area contributed by atoms with Gasteiger partial charge in [-0.25, -0.2) is 9.18 Å². The van der Waals surface area contributed by atoms with Crippen LogP contribution in [0, 0.1) is 5.82 Å². The van der Waals surface area contributed by atoms with Crippen molar-refractivity contribution < 1.29 is 23.8 Å². The number of ether oxygens (including phenoxy) is 1. The lowest BCUT2D eigenvalue weighted by molar-refractivity contribution is -0.132. The molecule has 5 nitrogen and oxygen atoms in total. The quantitative estimate of drug-likeness (QED) is 0.939. The first-order chi connectivity index (χ1) is 11.3. The number of aromatic carboxylic acids is 1. The van der Waals surface area contributed by atoms with Crippen LogP contribution in [0.5, 0.6) is 5.75 Å². The van der Waals surface area contributed by atoms with Crippen LogP contribution < -0.4 is 9.64 Å². The highest BCUT2D eigenvalue weighted by Gasteiger charge is 2.41. The molecule has 2 aromatic carbocycles. The van der Waals surface area contributed by atoms with Gasteiger partial charge in [-0.1, -0.05) is 18.2 Å². The molecule has 0 saturated heterocycles. The Kier molecular flexibility index (Phi) is 3.75. The number of nitrogens with zero attached hydrogens (tertiary/aromatic N) is 1. The molecule has 3 rings (SSSR count). The van der Waals surface area contributed by atoms with Crippen molar-refractivity contribution in [2.24, 2.45) is 0 Å². The van der Waals surface area contributed by atoms with Gasteiger partial charge in [0.1, 0.15) is 11.6 Å². The van der Waals surface area contributed by atoms with Crippen LogP contribution in [0.25, 0.3) is 0 Å². The summed E-state index contributed by atoms with van der Waals surface area (Å²) in [4.78, 5) is 25.3. The zero-order chi connectivity index (χ0) is 17.5. The largest absolute Gasteiger partial charge is 0.478 e. The summed E-state index contributed by atoms with van der Waals surface area (Å²) in [5, 5.41) is 9.12. The molecule has 0 atom stereocenters. The number of amides is 1. The summed E-state index contributed by atoms with van der Waals surface area (Å²) < 4.78 is 19.6. The SMILES string of the molecule is CC1(C)Oc2cc(C(=O)O)ccc2N(Cc2ccccc2F)C1=O. The molecule has 2 aromatic rings. The van der Waals surface area contributed by atoms with Crippen molar-refractivity contribution >= 4 is 17.6 Å². The lowest BCUT2D eigenvalue weighted by Gasteiger charge is -2.39. The monoisotopic (exact) mass is 329 g/mol. The Morgan fingerprint density at radius 3 is 2.62 bits per heavy atom. The van der Waals surface area contributed by atoms with Gasteiger partial charge in [-0.3, -0.25) is 4.79 Å². The molecule has 0 fully saturated rings. The van der Waals surface area contributed by atoms with Gasteiger partial charge < -0.3 is 14.7 Å². The Labute approximate surface area is 138 Å². The van der Waals surface area contributed by atoms with E-state index in [9.17, 15) is 14.0 Å². The fourth-order valence-electron chi connectivity index (χ4n) is 2.66. The Morgan fingerprint density at radius 2 is 1.96 bits per heavy atom. The van der Waals surface area contributed by atoms with Gasteiger partial charge in [0, 0.05) is 5.56 Å². The predicted molar refractivity (Wildman–Crippen MR) is 85.7 cm³/mol. The van der Waals surface area contributed by atoms with Crippen LogP contribution in [0.1, 0.15) is 29.8 Å². The van der Waals surface area contributed by atoms with Crippen LogP contribution in [0.4, 0.5) is 10.1 Å². The van der Waals surface area contributed by atoms with E-state index in [0.717, 1.165) is 0 Å². The first kappa shape index (κ1) is 16.0. The smallest absolute Gasteiger partial charge is 0.335 e. The van der Waals surface area contributed by atoms with Gasteiger partial charge in [-0.15, -0.1) is 0 Å². The summed E-state index contributed by atoms with van der Waals surface area (Å²) in [6, 6.07) is 10.5. The zero-order valence-corrected chi connectivity index (χ0v) is 13.2. The number of hydrogen-bond donors (Lipinski definition) is 1. The molecule has 1 aliphatic rings. The van der Waals surface area contributed by atoms with Crippen molar-refractivity contribution in [3.05, 3.63) is 59.4 Å². The fraction of sp³-hybridized carbons (Fsp3) is 0.222. The maximum absolute atomic E-state index is 14.0.